The Hall–Kier alpha value is -1.61. The first kappa shape index (κ1) is 20.1. The van der Waals surface area contributed by atoms with Gasteiger partial charge in [0, 0.05) is 25.7 Å². The van der Waals surface area contributed by atoms with Crippen molar-refractivity contribution in [2.75, 3.05) is 14.1 Å². The van der Waals surface area contributed by atoms with Crippen LogP contribution >= 0.6 is 27.5 Å². The molecule has 0 spiro atoms. The van der Waals surface area contributed by atoms with E-state index in [2.05, 4.69) is 20.9 Å². The fourth-order valence-electron chi connectivity index (χ4n) is 2.73. The minimum Gasteiger partial charge on any atom is -0.484 e. The minimum atomic E-state index is -3.51. The molecule has 144 valence electrons. The van der Waals surface area contributed by atoms with E-state index < -0.39 is 10.0 Å². The summed E-state index contributed by atoms with van der Waals surface area (Å²) in [6, 6.07) is 10.3. The van der Waals surface area contributed by atoms with Crippen LogP contribution in [0.5, 0.6) is 5.75 Å². The van der Waals surface area contributed by atoms with E-state index in [1.54, 1.807) is 36.4 Å². The van der Waals surface area contributed by atoms with Crippen molar-refractivity contribution >= 4 is 48.6 Å². The van der Waals surface area contributed by atoms with E-state index >= 15 is 0 Å². The molecule has 6 nitrogen and oxygen atoms in total. The third-order valence-corrected chi connectivity index (χ3v) is 6.81. The lowest BCUT2D eigenvalue weighted by Gasteiger charge is -2.11. The zero-order valence-corrected chi connectivity index (χ0v) is 18.3. The summed E-state index contributed by atoms with van der Waals surface area (Å²) in [5.41, 5.74) is 1.48. The summed E-state index contributed by atoms with van der Waals surface area (Å²) in [5.74, 6) is 1.37. The molecule has 0 N–H and O–H groups in total. The molecule has 0 saturated heterocycles. The lowest BCUT2D eigenvalue weighted by molar-refractivity contribution is 0.289. The molecule has 1 heterocycles. The first-order chi connectivity index (χ1) is 12.7. The van der Waals surface area contributed by atoms with E-state index in [-0.39, 0.29) is 11.5 Å². The van der Waals surface area contributed by atoms with Crippen LogP contribution in [0.2, 0.25) is 5.02 Å². The van der Waals surface area contributed by atoms with Crippen LogP contribution in [-0.2, 0) is 23.2 Å². The highest BCUT2D eigenvalue weighted by molar-refractivity contribution is 9.10. The van der Waals surface area contributed by atoms with Gasteiger partial charge >= 0.3 is 0 Å². The molecule has 27 heavy (non-hydrogen) atoms. The number of ether oxygens (including phenoxy) is 1. The Kier molecular flexibility index (Phi) is 5.81. The number of halogens is 2. The van der Waals surface area contributed by atoms with E-state index in [9.17, 15) is 8.42 Å². The van der Waals surface area contributed by atoms with Crippen LogP contribution in [0, 0.1) is 0 Å². The second-order valence-corrected chi connectivity index (χ2v) is 9.52. The molecule has 3 aromatic rings. The van der Waals surface area contributed by atoms with Crippen molar-refractivity contribution in [1.82, 2.24) is 13.9 Å². The maximum Gasteiger partial charge on any atom is 0.242 e. The SMILES string of the molecule is CCn1c(COc2ccc(Cl)cc2Br)nc2cc(S(=O)(=O)N(C)C)ccc21. The number of aryl methyl sites for hydroxylation is 1. The fraction of sp³-hybridized carbons (Fsp3) is 0.278. The average Bonchev–Trinajstić information content (AvgIpc) is 2.97. The largest absolute Gasteiger partial charge is 0.484 e. The lowest BCUT2D eigenvalue weighted by Crippen LogP contribution is -2.22. The molecule has 2 aromatic carbocycles. The molecule has 3 rings (SSSR count). The van der Waals surface area contributed by atoms with Crippen molar-refractivity contribution in [3.8, 4) is 5.75 Å². The molecular formula is C18H19BrClN3O3S. The smallest absolute Gasteiger partial charge is 0.242 e. The van der Waals surface area contributed by atoms with Crippen LogP contribution in [0.15, 0.2) is 45.8 Å². The van der Waals surface area contributed by atoms with Gasteiger partial charge in [0.05, 0.1) is 20.4 Å². The lowest BCUT2D eigenvalue weighted by atomic mass is 10.3. The summed E-state index contributed by atoms with van der Waals surface area (Å²) in [6.07, 6.45) is 0. The normalized spacial score (nSPS) is 12.1. The average molecular weight is 473 g/mol. The highest BCUT2D eigenvalue weighted by Gasteiger charge is 2.19. The van der Waals surface area contributed by atoms with Gasteiger partial charge in [0.1, 0.15) is 18.2 Å². The number of hydrogen-bond acceptors (Lipinski definition) is 4. The minimum absolute atomic E-state index is 0.216. The van der Waals surface area contributed by atoms with Gasteiger partial charge in [-0.3, -0.25) is 0 Å². The van der Waals surface area contributed by atoms with Crippen molar-refractivity contribution in [2.45, 2.75) is 25.0 Å². The summed E-state index contributed by atoms with van der Waals surface area (Å²) >= 11 is 9.38. The molecular weight excluding hydrogens is 454 g/mol. The predicted molar refractivity (Wildman–Crippen MR) is 110 cm³/mol. The molecule has 0 radical (unpaired) electrons. The van der Waals surface area contributed by atoms with Crippen LogP contribution in [-0.4, -0.2) is 36.4 Å². The van der Waals surface area contributed by atoms with Crippen molar-refractivity contribution in [1.29, 1.82) is 0 Å². The topological polar surface area (TPSA) is 64.4 Å². The Morgan fingerprint density at radius 2 is 1.96 bits per heavy atom. The molecule has 0 amide bonds. The van der Waals surface area contributed by atoms with Gasteiger partial charge in [0.2, 0.25) is 10.0 Å². The summed E-state index contributed by atoms with van der Waals surface area (Å²) in [4.78, 5) is 4.81. The number of nitrogens with zero attached hydrogens (tertiary/aromatic N) is 3. The quantitative estimate of drug-likeness (QED) is 0.536. The maximum atomic E-state index is 12.4. The van der Waals surface area contributed by atoms with Crippen molar-refractivity contribution in [2.24, 2.45) is 0 Å². The van der Waals surface area contributed by atoms with Gasteiger partial charge < -0.3 is 9.30 Å². The summed E-state index contributed by atoms with van der Waals surface area (Å²) in [5, 5.41) is 0.615. The number of hydrogen-bond donors (Lipinski definition) is 0. The van der Waals surface area contributed by atoms with Gasteiger partial charge in [0.25, 0.3) is 0 Å². The second-order valence-electron chi connectivity index (χ2n) is 6.07. The van der Waals surface area contributed by atoms with Gasteiger partial charge in [0.15, 0.2) is 0 Å². The monoisotopic (exact) mass is 471 g/mol. The molecule has 1 aromatic heterocycles. The van der Waals surface area contributed by atoms with Gasteiger partial charge in [-0.05, 0) is 59.3 Å². The first-order valence-corrected chi connectivity index (χ1v) is 10.8. The fourth-order valence-corrected chi connectivity index (χ4v) is 4.45. The number of benzene rings is 2. The molecule has 9 heteroatoms. The maximum absolute atomic E-state index is 12.4. The highest BCUT2D eigenvalue weighted by atomic mass is 79.9. The number of aromatic nitrogens is 2. The number of rotatable bonds is 6. The highest BCUT2D eigenvalue weighted by Crippen LogP contribution is 2.29. The molecule has 0 aliphatic heterocycles. The molecule has 0 bridgehead atoms. The van der Waals surface area contributed by atoms with Crippen LogP contribution in [0.25, 0.3) is 11.0 Å². The predicted octanol–water partition coefficient (Wildman–Crippen LogP) is 4.30. The number of sulfonamides is 1. The van der Waals surface area contributed by atoms with E-state index in [0.717, 1.165) is 9.99 Å². The van der Waals surface area contributed by atoms with Gasteiger partial charge in [-0.25, -0.2) is 17.7 Å². The van der Waals surface area contributed by atoms with Crippen LogP contribution in [0.1, 0.15) is 12.7 Å². The summed E-state index contributed by atoms with van der Waals surface area (Å²) in [6.45, 7) is 2.95. The standard InChI is InChI=1S/C18H19BrClN3O3S/c1-4-23-16-7-6-13(27(24,25)22(2)3)10-15(16)21-18(23)11-26-17-8-5-12(20)9-14(17)19/h5-10H,4,11H2,1-3H3. The summed E-state index contributed by atoms with van der Waals surface area (Å²) in [7, 11) is -0.495. The van der Waals surface area contributed by atoms with Crippen molar-refractivity contribution in [3.63, 3.8) is 0 Å². The van der Waals surface area contributed by atoms with Crippen LogP contribution in [0.4, 0.5) is 0 Å². The van der Waals surface area contributed by atoms with Crippen molar-refractivity contribution < 1.29 is 13.2 Å². The molecule has 0 fully saturated rings. The Balaban J connectivity index is 1.96. The molecule has 0 aliphatic rings. The Morgan fingerprint density at radius 3 is 2.59 bits per heavy atom. The molecule has 0 aliphatic carbocycles. The second kappa shape index (κ2) is 7.79. The van der Waals surface area contributed by atoms with Crippen molar-refractivity contribution in [3.05, 3.63) is 51.7 Å². The Morgan fingerprint density at radius 1 is 1.22 bits per heavy atom. The van der Waals surface area contributed by atoms with E-state index in [4.69, 9.17) is 16.3 Å². The zero-order chi connectivity index (χ0) is 19.8. The third-order valence-electron chi connectivity index (χ3n) is 4.14. The molecule has 0 saturated carbocycles. The zero-order valence-electron chi connectivity index (χ0n) is 15.1. The van der Waals surface area contributed by atoms with E-state index in [1.165, 1.54) is 18.4 Å². The van der Waals surface area contributed by atoms with E-state index in [1.807, 2.05) is 11.5 Å². The summed E-state index contributed by atoms with van der Waals surface area (Å²) < 4.78 is 34.5. The first-order valence-electron chi connectivity index (χ1n) is 8.23. The Bertz CT molecular complexity index is 1100. The van der Waals surface area contributed by atoms with Crippen LogP contribution in [0.3, 0.4) is 0 Å². The van der Waals surface area contributed by atoms with Crippen LogP contribution < -0.4 is 4.74 Å². The van der Waals surface area contributed by atoms with Gasteiger partial charge in [-0.1, -0.05) is 11.6 Å². The third kappa shape index (κ3) is 3.99. The molecule has 0 atom stereocenters. The molecule has 0 unspecified atom stereocenters. The van der Waals surface area contributed by atoms with Gasteiger partial charge in [-0.2, -0.15) is 0 Å². The number of imidazole rings is 1. The number of fused-ring (bicyclic) bond motifs is 1. The van der Waals surface area contributed by atoms with Gasteiger partial charge in [-0.15, -0.1) is 0 Å². The Labute approximate surface area is 171 Å². The van der Waals surface area contributed by atoms with E-state index in [0.29, 0.717) is 28.7 Å².